The van der Waals surface area contributed by atoms with Crippen LogP contribution in [-0.2, 0) is 14.8 Å². The van der Waals surface area contributed by atoms with Crippen molar-refractivity contribution < 1.29 is 36.6 Å². The molecule has 0 fully saturated rings. The molecule has 33 heavy (non-hydrogen) atoms. The van der Waals surface area contributed by atoms with E-state index in [4.69, 9.17) is 9.84 Å². The first-order chi connectivity index (χ1) is 15.3. The quantitative estimate of drug-likeness (QED) is 0.579. The molecule has 0 spiro atoms. The fourth-order valence-corrected chi connectivity index (χ4v) is 5.22. The molecule has 178 valence electrons. The molecule has 0 aromatic heterocycles. The number of sulfonamides is 1. The monoisotopic (exact) mass is 483 g/mol. The lowest BCUT2D eigenvalue weighted by Crippen LogP contribution is -2.50. The molecule has 1 aliphatic heterocycles. The highest BCUT2D eigenvalue weighted by Crippen LogP contribution is 2.40. The summed E-state index contributed by atoms with van der Waals surface area (Å²) in [4.78, 5) is 22.0. The maximum Gasteiger partial charge on any atom is 0.409 e. The van der Waals surface area contributed by atoms with Gasteiger partial charge >= 0.3 is 6.09 Å². The number of nitrogens with zero attached hydrogens (tertiary/aromatic N) is 1. The Hall–Kier alpha value is -3.41. The largest absolute Gasteiger partial charge is 0.486 e. The number of amides is 2. The lowest BCUT2D eigenvalue weighted by atomic mass is 9.95. The topological polar surface area (TPSA) is 125 Å². The molecule has 1 aliphatic rings. The molecule has 2 amide bonds. The smallest absolute Gasteiger partial charge is 0.409 e. The van der Waals surface area contributed by atoms with Crippen molar-refractivity contribution in [2.45, 2.75) is 43.7 Å². The minimum Gasteiger partial charge on any atom is -0.486 e. The Balaban J connectivity index is 2.06. The van der Waals surface area contributed by atoms with Gasteiger partial charge in [-0.3, -0.25) is 14.4 Å². The van der Waals surface area contributed by atoms with Crippen LogP contribution in [0.3, 0.4) is 0 Å². The van der Waals surface area contributed by atoms with Gasteiger partial charge in [0.25, 0.3) is 10.0 Å². The molecule has 2 aromatic rings. The van der Waals surface area contributed by atoms with Crippen molar-refractivity contribution in [2.24, 2.45) is 0 Å². The molecule has 0 saturated heterocycles. The van der Waals surface area contributed by atoms with Crippen LogP contribution in [0, 0.1) is 11.6 Å². The third-order valence-corrected chi connectivity index (χ3v) is 6.65. The van der Waals surface area contributed by atoms with Crippen LogP contribution in [-0.4, -0.2) is 43.7 Å². The number of halogens is 2. The Morgan fingerprint density at radius 1 is 1.18 bits per heavy atom. The van der Waals surface area contributed by atoms with Gasteiger partial charge in [-0.1, -0.05) is 0 Å². The van der Waals surface area contributed by atoms with Crippen molar-refractivity contribution >= 4 is 33.4 Å². The molecule has 3 N–H and O–H groups in total. The Kier molecular flexibility index (Phi) is 6.50. The molecule has 0 radical (unpaired) electrons. The summed E-state index contributed by atoms with van der Waals surface area (Å²) in [7, 11) is -4.39. The minimum absolute atomic E-state index is 0.0274. The van der Waals surface area contributed by atoms with Crippen LogP contribution in [0.5, 0.6) is 5.75 Å². The fraction of sp³-hybridized carbons (Fsp3) is 0.333. The van der Waals surface area contributed by atoms with Gasteiger partial charge in [-0.2, -0.15) is 0 Å². The molecular formula is C21H23F2N3O6S. The van der Waals surface area contributed by atoms with E-state index in [0.717, 1.165) is 10.4 Å². The van der Waals surface area contributed by atoms with Crippen molar-refractivity contribution in [1.29, 1.82) is 0 Å². The number of anilines is 2. The van der Waals surface area contributed by atoms with Crippen molar-refractivity contribution in [3.8, 4) is 5.75 Å². The number of hydrogen-bond donors (Lipinski definition) is 3. The molecule has 1 heterocycles. The van der Waals surface area contributed by atoms with Gasteiger partial charge in [-0.05, 0) is 50.2 Å². The number of fused-ring (bicyclic) bond motifs is 1. The van der Waals surface area contributed by atoms with Crippen LogP contribution >= 0.6 is 0 Å². The zero-order valence-corrected chi connectivity index (χ0v) is 18.9. The second-order valence-electron chi connectivity index (χ2n) is 8.23. The van der Waals surface area contributed by atoms with Crippen LogP contribution in [0.4, 0.5) is 25.0 Å². The molecule has 0 aliphatic carbocycles. The van der Waals surface area contributed by atoms with Gasteiger partial charge < -0.3 is 15.2 Å². The van der Waals surface area contributed by atoms with Crippen molar-refractivity contribution in [1.82, 2.24) is 5.32 Å². The van der Waals surface area contributed by atoms with E-state index >= 15 is 0 Å². The summed E-state index contributed by atoms with van der Waals surface area (Å²) in [5.74, 6) is -2.65. The Morgan fingerprint density at radius 3 is 2.48 bits per heavy atom. The van der Waals surface area contributed by atoms with Crippen LogP contribution < -0.4 is 19.7 Å². The first-order valence-electron chi connectivity index (χ1n) is 9.86. The summed E-state index contributed by atoms with van der Waals surface area (Å²) in [6.45, 7) is 4.64. The number of ether oxygens (including phenoxy) is 1. The van der Waals surface area contributed by atoms with Gasteiger partial charge in [0.15, 0.2) is 11.6 Å². The Labute approximate surface area is 189 Å². The van der Waals surface area contributed by atoms with Gasteiger partial charge in [0.2, 0.25) is 5.91 Å². The molecule has 9 nitrogen and oxygen atoms in total. The SMILES string of the molecule is CC(=O)NC(C)(C)CC1CN(S(=O)(=O)c2ccc(F)c(F)c2)c2cc(NC(=O)O)ccc2O1. The van der Waals surface area contributed by atoms with Crippen LogP contribution in [0.1, 0.15) is 27.2 Å². The number of benzene rings is 2. The molecule has 1 atom stereocenters. The lowest BCUT2D eigenvalue weighted by molar-refractivity contribution is -0.120. The molecule has 1 unspecified atom stereocenters. The normalized spacial score (nSPS) is 15.9. The van der Waals surface area contributed by atoms with E-state index in [1.54, 1.807) is 13.8 Å². The van der Waals surface area contributed by atoms with Crippen molar-refractivity contribution in [3.05, 3.63) is 48.0 Å². The molecule has 3 rings (SSSR count). The maximum absolute atomic E-state index is 13.8. The van der Waals surface area contributed by atoms with Gasteiger partial charge in [0, 0.05) is 24.6 Å². The van der Waals surface area contributed by atoms with Gasteiger partial charge in [-0.25, -0.2) is 22.0 Å². The van der Waals surface area contributed by atoms with Gasteiger partial charge in [0.1, 0.15) is 11.9 Å². The fourth-order valence-electron chi connectivity index (χ4n) is 3.71. The highest BCUT2D eigenvalue weighted by Gasteiger charge is 2.37. The predicted octanol–water partition coefficient (Wildman–Crippen LogP) is 3.32. The number of carbonyl (C=O) groups is 2. The highest BCUT2D eigenvalue weighted by atomic mass is 32.2. The number of hydrogen-bond acceptors (Lipinski definition) is 5. The van der Waals surface area contributed by atoms with E-state index < -0.39 is 44.3 Å². The van der Waals surface area contributed by atoms with E-state index in [-0.39, 0.29) is 36.0 Å². The molecule has 0 saturated carbocycles. The molecular weight excluding hydrogens is 460 g/mol. The third-order valence-electron chi connectivity index (χ3n) is 4.87. The summed E-state index contributed by atoms with van der Waals surface area (Å²) in [5, 5.41) is 13.9. The van der Waals surface area contributed by atoms with Crippen LogP contribution in [0.15, 0.2) is 41.3 Å². The Morgan fingerprint density at radius 2 is 1.88 bits per heavy atom. The first kappa shape index (κ1) is 24.2. The number of nitrogens with one attached hydrogen (secondary N) is 2. The second kappa shape index (κ2) is 8.85. The highest BCUT2D eigenvalue weighted by molar-refractivity contribution is 7.92. The molecule has 0 bridgehead atoms. The predicted molar refractivity (Wildman–Crippen MR) is 116 cm³/mol. The summed E-state index contributed by atoms with van der Waals surface area (Å²) < 4.78 is 60.9. The average Bonchev–Trinajstić information content (AvgIpc) is 2.67. The van der Waals surface area contributed by atoms with Crippen molar-refractivity contribution in [2.75, 3.05) is 16.2 Å². The standard InChI is InChI=1S/C21H23F2N3O6S/c1-12(27)25-21(2,3)10-14-11-26(33(30,31)15-5-6-16(22)17(23)9-15)18-8-13(24-20(28)29)4-7-19(18)32-14/h4-9,14,24H,10-11H2,1-3H3,(H,25,27)(H,28,29). The van der Waals surface area contributed by atoms with E-state index in [1.807, 2.05) is 0 Å². The van der Waals surface area contributed by atoms with Gasteiger partial charge in [0.05, 0.1) is 17.1 Å². The maximum atomic E-state index is 13.8. The van der Waals surface area contributed by atoms with E-state index in [2.05, 4.69) is 10.6 Å². The lowest BCUT2D eigenvalue weighted by Gasteiger charge is -2.39. The molecule has 2 aromatic carbocycles. The minimum atomic E-state index is -4.39. The molecule has 12 heteroatoms. The zero-order chi connectivity index (χ0) is 24.6. The van der Waals surface area contributed by atoms with E-state index in [9.17, 15) is 26.8 Å². The third kappa shape index (κ3) is 5.51. The Bertz CT molecular complexity index is 1200. The summed E-state index contributed by atoms with van der Waals surface area (Å²) >= 11 is 0. The van der Waals surface area contributed by atoms with Crippen LogP contribution in [0.25, 0.3) is 0 Å². The summed E-state index contributed by atoms with van der Waals surface area (Å²) in [6, 6.07) is 6.32. The number of carbonyl (C=O) groups excluding carboxylic acids is 1. The summed E-state index contributed by atoms with van der Waals surface area (Å²) in [6.07, 6.45) is -1.83. The first-order valence-corrected chi connectivity index (χ1v) is 11.3. The number of rotatable bonds is 6. The average molecular weight is 483 g/mol. The number of carboxylic acid groups (broad SMARTS) is 1. The van der Waals surface area contributed by atoms with Crippen LogP contribution in [0.2, 0.25) is 0 Å². The van der Waals surface area contributed by atoms with E-state index in [0.29, 0.717) is 12.1 Å². The van der Waals surface area contributed by atoms with Crippen molar-refractivity contribution in [3.63, 3.8) is 0 Å². The zero-order valence-electron chi connectivity index (χ0n) is 18.1. The van der Waals surface area contributed by atoms with Gasteiger partial charge in [-0.15, -0.1) is 0 Å². The summed E-state index contributed by atoms with van der Waals surface area (Å²) in [5.41, 5.74) is -0.622. The second-order valence-corrected chi connectivity index (χ2v) is 10.1. The van der Waals surface area contributed by atoms with E-state index in [1.165, 1.54) is 25.1 Å².